The van der Waals surface area contributed by atoms with Crippen molar-refractivity contribution in [2.75, 3.05) is 6.61 Å². The van der Waals surface area contributed by atoms with Gasteiger partial charge in [-0.1, -0.05) is 92.7 Å². The fourth-order valence-corrected chi connectivity index (χ4v) is 4.31. The molecule has 0 bridgehead atoms. The number of ether oxygens (including phenoxy) is 2. The lowest BCUT2D eigenvalue weighted by Gasteiger charge is -2.19. The fraction of sp³-hybridized carbons (Fsp3) is 0.273. The van der Waals surface area contributed by atoms with Gasteiger partial charge in [-0.25, -0.2) is 9.36 Å². The number of carbonyl (C=O) groups is 2. The zero-order valence-electron chi connectivity index (χ0n) is 23.3. The predicted octanol–water partition coefficient (Wildman–Crippen LogP) is 4.91. The molecule has 1 heterocycles. The van der Waals surface area contributed by atoms with Gasteiger partial charge in [0.1, 0.15) is 0 Å². The molecule has 4 rings (SSSR count). The fourth-order valence-electron chi connectivity index (χ4n) is 4.31. The van der Waals surface area contributed by atoms with Crippen molar-refractivity contribution in [3.8, 4) is 11.6 Å². The number of carbonyl (C=O) groups excluding carboxylic acids is 2. The number of hydrogen-bond donors (Lipinski definition) is 0. The van der Waals surface area contributed by atoms with E-state index in [2.05, 4.69) is 0 Å². The summed E-state index contributed by atoms with van der Waals surface area (Å²) in [6.07, 6.45) is 0.999. The second kappa shape index (κ2) is 14.1. The van der Waals surface area contributed by atoms with E-state index in [-0.39, 0.29) is 55.7 Å². The number of benzene rings is 3. The van der Waals surface area contributed by atoms with Crippen molar-refractivity contribution >= 4 is 11.9 Å². The molecule has 1 unspecified atom stereocenters. The molecule has 1 atom stereocenters. The normalized spacial score (nSPS) is 11.6. The first-order valence-corrected chi connectivity index (χ1v) is 13.8. The summed E-state index contributed by atoms with van der Waals surface area (Å²) in [6, 6.07) is 27.4. The van der Waals surface area contributed by atoms with Crippen LogP contribution < -0.4 is 16.0 Å². The summed E-state index contributed by atoms with van der Waals surface area (Å²) in [7, 11) is 0. The molecule has 0 amide bonds. The SMILES string of the molecule is CCC(C)C(=O)OCCCC(=O)Oc1c(Cc2ccccc2)c(=O)n(Cc2ccccc2)c(=O)n1-c1ccccc1. The van der Waals surface area contributed by atoms with Crippen molar-refractivity contribution in [2.45, 2.75) is 46.1 Å². The van der Waals surface area contributed by atoms with Gasteiger partial charge in [-0.3, -0.25) is 19.0 Å². The van der Waals surface area contributed by atoms with Crippen LogP contribution >= 0.6 is 0 Å². The predicted molar refractivity (Wildman–Crippen MR) is 156 cm³/mol. The largest absolute Gasteiger partial charge is 0.465 e. The Hall–Kier alpha value is -4.72. The van der Waals surface area contributed by atoms with E-state index in [0.717, 1.165) is 11.1 Å². The minimum Gasteiger partial charge on any atom is -0.465 e. The highest BCUT2D eigenvalue weighted by Crippen LogP contribution is 2.22. The molecule has 0 aliphatic rings. The van der Waals surface area contributed by atoms with Crippen molar-refractivity contribution < 1.29 is 19.1 Å². The number of esters is 2. The van der Waals surface area contributed by atoms with Crippen molar-refractivity contribution in [2.24, 2.45) is 5.92 Å². The zero-order chi connectivity index (χ0) is 29.2. The van der Waals surface area contributed by atoms with Gasteiger partial charge in [-0.2, -0.15) is 0 Å². The minimum atomic E-state index is -0.636. The highest BCUT2D eigenvalue weighted by Gasteiger charge is 2.24. The van der Waals surface area contributed by atoms with E-state index in [1.54, 1.807) is 31.2 Å². The Morgan fingerprint density at radius 3 is 2.02 bits per heavy atom. The Balaban J connectivity index is 1.75. The third kappa shape index (κ3) is 7.48. The summed E-state index contributed by atoms with van der Waals surface area (Å²) in [5.74, 6) is -1.28. The van der Waals surface area contributed by atoms with Gasteiger partial charge in [-0.05, 0) is 36.1 Å². The molecule has 0 radical (unpaired) electrons. The van der Waals surface area contributed by atoms with Gasteiger partial charge in [0.05, 0.1) is 30.3 Å². The molecule has 3 aromatic carbocycles. The van der Waals surface area contributed by atoms with Crippen LogP contribution in [0.25, 0.3) is 5.69 Å². The quantitative estimate of drug-likeness (QED) is 0.182. The maximum absolute atomic E-state index is 13.9. The van der Waals surface area contributed by atoms with Crippen LogP contribution in [0, 0.1) is 5.92 Å². The highest BCUT2D eigenvalue weighted by molar-refractivity contribution is 5.73. The maximum atomic E-state index is 13.9. The number of rotatable bonds is 12. The van der Waals surface area contributed by atoms with Crippen molar-refractivity contribution in [3.05, 3.63) is 129 Å². The van der Waals surface area contributed by atoms with Gasteiger partial charge in [0.25, 0.3) is 5.56 Å². The van der Waals surface area contributed by atoms with E-state index in [9.17, 15) is 19.2 Å². The topological polar surface area (TPSA) is 96.6 Å². The summed E-state index contributed by atoms with van der Waals surface area (Å²) in [4.78, 5) is 52.8. The Bertz CT molecular complexity index is 1580. The first-order valence-electron chi connectivity index (χ1n) is 13.8. The highest BCUT2D eigenvalue weighted by atomic mass is 16.5. The van der Waals surface area contributed by atoms with Crippen LogP contribution in [0.4, 0.5) is 0 Å². The Kier molecular flexibility index (Phi) is 10.0. The molecule has 8 heteroatoms. The molecule has 41 heavy (non-hydrogen) atoms. The van der Waals surface area contributed by atoms with Crippen LogP contribution in [0.2, 0.25) is 0 Å². The first kappa shape index (κ1) is 29.3. The Morgan fingerprint density at radius 2 is 1.41 bits per heavy atom. The van der Waals surface area contributed by atoms with Gasteiger partial charge in [0, 0.05) is 12.8 Å². The van der Waals surface area contributed by atoms with Gasteiger partial charge < -0.3 is 9.47 Å². The van der Waals surface area contributed by atoms with Crippen LogP contribution in [0.5, 0.6) is 5.88 Å². The van der Waals surface area contributed by atoms with E-state index < -0.39 is 17.2 Å². The van der Waals surface area contributed by atoms with Crippen LogP contribution in [0.15, 0.2) is 101 Å². The average molecular weight is 555 g/mol. The maximum Gasteiger partial charge on any atom is 0.338 e. The smallest absolute Gasteiger partial charge is 0.338 e. The van der Waals surface area contributed by atoms with E-state index in [1.807, 2.05) is 73.7 Å². The second-order valence-electron chi connectivity index (χ2n) is 9.83. The third-order valence-corrected chi connectivity index (χ3v) is 6.80. The lowest BCUT2D eigenvalue weighted by Crippen LogP contribution is -2.42. The number of nitrogens with zero attached hydrogens (tertiary/aromatic N) is 2. The first-order chi connectivity index (χ1) is 19.9. The molecule has 1 aromatic heterocycles. The molecule has 0 saturated carbocycles. The van der Waals surface area contributed by atoms with Gasteiger partial charge in [0.15, 0.2) is 0 Å². The molecule has 0 fully saturated rings. The Morgan fingerprint density at radius 1 is 0.829 bits per heavy atom. The standard InChI is InChI=1S/C33H34N2O6/c1-3-24(2)32(38)40-21-13-20-29(36)41-31-28(22-25-14-7-4-8-15-25)30(37)34(23-26-16-9-5-10-17-26)33(39)35(31)27-18-11-6-12-19-27/h4-12,14-19,24H,3,13,20-23H2,1-2H3. The van der Waals surface area contributed by atoms with Crippen molar-refractivity contribution in [3.63, 3.8) is 0 Å². The van der Waals surface area contributed by atoms with E-state index >= 15 is 0 Å². The number of aromatic nitrogens is 2. The van der Waals surface area contributed by atoms with Crippen LogP contribution in [-0.2, 0) is 27.3 Å². The van der Waals surface area contributed by atoms with Gasteiger partial charge >= 0.3 is 17.6 Å². The molecule has 0 saturated heterocycles. The van der Waals surface area contributed by atoms with Gasteiger partial charge in [-0.15, -0.1) is 0 Å². The molecule has 212 valence electrons. The van der Waals surface area contributed by atoms with Crippen molar-refractivity contribution in [1.82, 2.24) is 9.13 Å². The van der Waals surface area contributed by atoms with E-state index in [0.29, 0.717) is 12.1 Å². The number of para-hydroxylation sites is 1. The molecule has 8 nitrogen and oxygen atoms in total. The van der Waals surface area contributed by atoms with E-state index in [4.69, 9.17) is 9.47 Å². The summed E-state index contributed by atoms with van der Waals surface area (Å²) in [5.41, 5.74) is 1.11. The second-order valence-corrected chi connectivity index (χ2v) is 9.83. The van der Waals surface area contributed by atoms with Crippen LogP contribution in [0.1, 0.15) is 49.8 Å². The summed E-state index contributed by atoms with van der Waals surface area (Å²) < 4.78 is 13.5. The molecule has 4 aromatic rings. The van der Waals surface area contributed by atoms with Crippen LogP contribution in [0.3, 0.4) is 0 Å². The summed E-state index contributed by atoms with van der Waals surface area (Å²) in [5, 5.41) is 0. The minimum absolute atomic E-state index is 0.0584. The van der Waals surface area contributed by atoms with Crippen LogP contribution in [-0.4, -0.2) is 27.7 Å². The molecule has 0 spiro atoms. The average Bonchev–Trinajstić information content (AvgIpc) is 3.00. The Labute approximate surface area is 238 Å². The summed E-state index contributed by atoms with van der Waals surface area (Å²) >= 11 is 0. The molecular weight excluding hydrogens is 520 g/mol. The molecular formula is C33H34N2O6. The lowest BCUT2D eigenvalue weighted by atomic mass is 10.1. The lowest BCUT2D eigenvalue weighted by molar-refractivity contribution is -0.149. The molecule has 0 aliphatic carbocycles. The van der Waals surface area contributed by atoms with Crippen molar-refractivity contribution in [1.29, 1.82) is 0 Å². The third-order valence-electron chi connectivity index (χ3n) is 6.80. The summed E-state index contributed by atoms with van der Waals surface area (Å²) in [6.45, 7) is 3.81. The van der Waals surface area contributed by atoms with Gasteiger partial charge in [0.2, 0.25) is 5.88 Å². The molecule has 0 aliphatic heterocycles. The monoisotopic (exact) mass is 554 g/mol. The number of hydrogen-bond acceptors (Lipinski definition) is 6. The zero-order valence-corrected chi connectivity index (χ0v) is 23.3. The van der Waals surface area contributed by atoms with E-state index in [1.165, 1.54) is 9.13 Å². The molecule has 0 N–H and O–H groups in total.